The van der Waals surface area contributed by atoms with Crippen molar-refractivity contribution < 1.29 is 35.9 Å². The molecular formula is C25H28F3NO5S. The van der Waals surface area contributed by atoms with E-state index in [0.29, 0.717) is 42.2 Å². The van der Waals surface area contributed by atoms with Crippen LogP contribution < -0.4 is 4.74 Å². The first-order valence-electron chi connectivity index (χ1n) is 10.9. The molecule has 1 aliphatic rings. The minimum atomic E-state index is -4.71. The summed E-state index contributed by atoms with van der Waals surface area (Å²) in [7, 11) is -1.68. The quantitative estimate of drug-likeness (QED) is 0.472. The van der Waals surface area contributed by atoms with Gasteiger partial charge < -0.3 is 9.47 Å². The number of nitrogens with zero attached hydrogens (tertiary/aromatic N) is 1. The average molecular weight is 512 g/mol. The lowest BCUT2D eigenvalue weighted by Gasteiger charge is -2.34. The average Bonchev–Trinajstić information content (AvgIpc) is 2.80. The number of methoxy groups -OCH3 is 1. The lowest BCUT2D eigenvalue weighted by atomic mass is 9.86. The lowest BCUT2D eigenvalue weighted by Crippen LogP contribution is -2.34. The van der Waals surface area contributed by atoms with Crippen molar-refractivity contribution in [2.75, 3.05) is 20.8 Å². The number of benzene rings is 2. The maximum Gasteiger partial charge on any atom is 0.416 e. The van der Waals surface area contributed by atoms with Crippen LogP contribution in [0.1, 0.15) is 53.6 Å². The SMILES string of the molecule is C=C(C)c1cc(C(F)(F)F)cc(S(=O)(=O)N(C)[C@@H]2CCCc3c(OCC(=O)OC)cc(C)cc32)c1. The zero-order valence-electron chi connectivity index (χ0n) is 20.0. The molecule has 0 bridgehead atoms. The maximum absolute atomic E-state index is 13.6. The predicted octanol–water partition coefficient (Wildman–Crippen LogP) is 5.30. The van der Waals surface area contributed by atoms with Gasteiger partial charge in [0.15, 0.2) is 6.61 Å². The molecule has 190 valence electrons. The van der Waals surface area contributed by atoms with Gasteiger partial charge in [0.25, 0.3) is 0 Å². The van der Waals surface area contributed by atoms with E-state index in [0.717, 1.165) is 21.5 Å². The molecule has 0 heterocycles. The highest BCUT2D eigenvalue weighted by Gasteiger charge is 2.37. The summed E-state index contributed by atoms with van der Waals surface area (Å²) in [6.45, 7) is 6.71. The minimum absolute atomic E-state index is 0.102. The van der Waals surface area contributed by atoms with Crippen LogP contribution in [0, 0.1) is 6.92 Å². The van der Waals surface area contributed by atoms with Gasteiger partial charge in [0, 0.05) is 7.05 Å². The van der Waals surface area contributed by atoms with Gasteiger partial charge in [-0.1, -0.05) is 18.2 Å². The number of carbonyl (C=O) groups excluding carboxylic acids is 1. The molecule has 0 aliphatic heterocycles. The molecule has 0 aromatic heterocycles. The summed E-state index contributed by atoms with van der Waals surface area (Å²) in [5, 5.41) is 0. The second kappa shape index (κ2) is 10.0. The number of hydrogen-bond acceptors (Lipinski definition) is 5. The predicted molar refractivity (Wildman–Crippen MR) is 125 cm³/mol. The largest absolute Gasteiger partial charge is 0.482 e. The van der Waals surface area contributed by atoms with Gasteiger partial charge in [-0.05, 0) is 79.6 Å². The van der Waals surface area contributed by atoms with Crippen molar-refractivity contribution in [3.8, 4) is 5.75 Å². The summed E-state index contributed by atoms with van der Waals surface area (Å²) in [5.74, 6) is -0.0882. The van der Waals surface area contributed by atoms with Crippen molar-refractivity contribution in [1.82, 2.24) is 4.31 Å². The van der Waals surface area contributed by atoms with Crippen LogP contribution in [0.15, 0.2) is 41.8 Å². The highest BCUT2D eigenvalue weighted by molar-refractivity contribution is 7.89. The van der Waals surface area contributed by atoms with Gasteiger partial charge in [-0.2, -0.15) is 17.5 Å². The topological polar surface area (TPSA) is 72.9 Å². The molecule has 0 saturated carbocycles. The number of halogens is 3. The lowest BCUT2D eigenvalue weighted by molar-refractivity contribution is -0.143. The van der Waals surface area contributed by atoms with Crippen LogP contribution in [-0.4, -0.2) is 39.5 Å². The number of allylic oxidation sites excluding steroid dienone is 1. The monoisotopic (exact) mass is 511 g/mol. The van der Waals surface area contributed by atoms with Crippen molar-refractivity contribution >= 4 is 21.6 Å². The number of rotatable bonds is 7. The van der Waals surface area contributed by atoms with E-state index in [2.05, 4.69) is 11.3 Å². The normalized spacial score (nSPS) is 16.1. The summed E-state index contributed by atoms with van der Waals surface area (Å²) in [6.07, 6.45) is -2.99. The van der Waals surface area contributed by atoms with Crippen molar-refractivity contribution in [2.45, 2.75) is 50.2 Å². The summed E-state index contributed by atoms with van der Waals surface area (Å²) in [6, 6.07) is 5.77. The highest BCUT2D eigenvalue weighted by atomic mass is 32.2. The number of ether oxygens (including phenoxy) is 2. The van der Waals surface area contributed by atoms with Crippen LogP contribution in [0.5, 0.6) is 5.75 Å². The molecule has 10 heteroatoms. The molecule has 1 aliphatic carbocycles. The van der Waals surface area contributed by atoms with Crippen LogP contribution in [0.4, 0.5) is 13.2 Å². The number of hydrogen-bond donors (Lipinski definition) is 0. The Morgan fingerprint density at radius 3 is 2.49 bits per heavy atom. The van der Waals surface area contributed by atoms with E-state index < -0.39 is 38.7 Å². The van der Waals surface area contributed by atoms with Crippen LogP contribution in [0.25, 0.3) is 5.57 Å². The Balaban J connectivity index is 2.06. The Hall–Kier alpha value is -2.85. The van der Waals surface area contributed by atoms with Gasteiger partial charge in [-0.3, -0.25) is 0 Å². The summed E-state index contributed by atoms with van der Waals surface area (Å²) in [5.41, 5.74) is 1.64. The third-order valence-corrected chi connectivity index (χ3v) is 7.91. The summed E-state index contributed by atoms with van der Waals surface area (Å²) < 4.78 is 79.0. The van der Waals surface area contributed by atoms with Crippen LogP contribution >= 0.6 is 0 Å². The van der Waals surface area contributed by atoms with Crippen molar-refractivity contribution in [3.05, 3.63) is 64.7 Å². The van der Waals surface area contributed by atoms with Gasteiger partial charge in [0.05, 0.1) is 23.6 Å². The van der Waals surface area contributed by atoms with E-state index in [4.69, 9.17) is 4.74 Å². The van der Waals surface area contributed by atoms with Gasteiger partial charge in [0.1, 0.15) is 5.75 Å². The minimum Gasteiger partial charge on any atom is -0.482 e. The van der Waals surface area contributed by atoms with Gasteiger partial charge in [0.2, 0.25) is 10.0 Å². The Morgan fingerprint density at radius 2 is 1.89 bits per heavy atom. The second-order valence-corrected chi connectivity index (χ2v) is 10.6. The van der Waals surface area contributed by atoms with E-state index in [9.17, 15) is 26.4 Å². The molecule has 0 amide bonds. The molecule has 0 spiro atoms. The zero-order valence-corrected chi connectivity index (χ0v) is 20.8. The van der Waals surface area contributed by atoms with Crippen molar-refractivity contribution in [3.63, 3.8) is 0 Å². The molecule has 35 heavy (non-hydrogen) atoms. The number of fused-ring (bicyclic) bond motifs is 1. The third-order valence-electron chi connectivity index (χ3n) is 6.07. The van der Waals surface area contributed by atoms with E-state index in [-0.39, 0.29) is 12.2 Å². The first kappa shape index (κ1) is 26.7. The molecule has 0 fully saturated rings. The van der Waals surface area contributed by atoms with Crippen molar-refractivity contribution in [2.24, 2.45) is 0 Å². The van der Waals surface area contributed by atoms with E-state index >= 15 is 0 Å². The first-order valence-corrected chi connectivity index (χ1v) is 12.4. The van der Waals surface area contributed by atoms with Gasteiger partial charge in [-0.25, -0.2) is 13.2 Å². The Kier molecular flexibility index (Phi) is 7.66. The van der Waals surface area contributed by atoms with Gasteiger partial charge in [-0.15, -0.1) is 0 Å². The van der Waals surface area contributed by atoms with Crippen molar-refractivity contribution in [1.29, 1.82) is 0 Å². The zero-order chi connectivity index (χ0) is 26.1. The number of aryl methyl sites for hydroxylation is 1. The molecule has 0 unspecified atom stereocenters. The molecule has 2 aromatic carbocycles. The van der Waals surface area contributed by atoms with E-state index in [1.807, 2.05) is 13.0 Å². The molecule has 1 atom stereocenters. The molecule has 0 saturated heterocycles. The van der Waals surface area contributed by atoms with Crippen LogP contribution in [0.2, 0.25) is 0 Å². The fourth-order valence-corrected chi connectivity index (χ4v) is 5.63. The molecule has 0 radical (unpaired) electrons. The fraction of sp³-hybridized carbons (Fsp3) is 0.400. The maximum atomic E-state index is 13.6. The second-order valence-electron chi connectivity index (χ2n) is 8.65. The smallest absolute Gasteiger partial charge is 0.416 e. The summed E-state index contributed by atoms with van der Waals surface area (Å²) >= 11 is 0. The Bertz CT molecular complexity index is 1250. The molecule has 6 nitrogen and oxygen atoms in total. The number of sulfonamides is 1. The molecule has 0 N–H and O–H groups in total. The van der Waals surface area contributed by atoms with E-state index in [1.165, 1.54) is 27.1 Å². The number of esters is 1. The number of carbonyl (C=O) groups is 1. The third kappa shape index (κ3) is 5.70. The van der Waals surface area contributed by atoms with Crippen LogP contribution in [-0.2, 0) is 32.2 Å². The molecule has 3 rings (SSSR count). The highest BCUT2D eigenvalue weighted by Crippen LogP contribution is 2.42. The Morgan fingerprint density at radius 1 is 1.20 bits per heavy atom. The van der Waals surface area contributed by atoms with E-state index in [1.54, 1.807) is 6.07 Å². The fourth-order valence-electron chi connectivity index (χ4n) is 4.20. The molecule has 2 aromatic rings. The Labute approximate surface area is 203 Å². The van der Waals surface area contributed by atoms with Gasteiger partial charge >= 0.3 is 12.1 Å². The van der Waals surface area contributed by atoms with Crippen LogP contribution in [0.3, 0.4) is 0 Å². The number of alkyl halides is 3. The first-order chi connectivity index (χ1) is 16.3. The standard InChI is InChI=1S/C25H28F3NO5S/c1-15(2)17-11-18(25(26,27)28)13-19(12-17)35(31,32)29(4)22-8-6-7-20-21(22)9-16(3)10-23(20)34-14-24(30)33-5/h9-13,22H,1,6-8,14H2,2-5H3/t22-/m1/s1. The molecular weight excluding hydrogens is 483 g/mol. The summed E-state index contributed by atoms with van der Waals surface area (Å²) in [4.78, 5) is 11.1.